The molecule has 25 heavy (non-hydrogen) atoms. The van der Waals surface area contributed by atoms with Gasteiger partial charge in [0, 0.05) is 58.3 Å². The van der Waals surface area contributed by atoms with Crippen molar-refractivity contribution in [3.8, 4) is 0 Å². The Bertz CT molecular complexity index is 707. The van der Waals surface area contributed by atoms with Gasteiger partial charge in [-0.05, 0) is 19.3 Å². The normalized spacial score (nSPS) is 20.2. The number of rotatable bonds is 2. The van der Waals surface area contributed by atoms with Gasteiger partial charge in [0.05, 0.1) is 0 Å². The lowest BCUT2D eigenvalue weighted by atomic mass is 10.0. The Labute approximate surface area is 147 Å². The van der Waals surface area contributed by atoms with Gasteiger partial charge in [-0.3, -0.25) is 4.79 Å². The van der Waals surface area contributed by atoms with E-state index in [2.05, 4.69) is 15.2 Å². The van der Waals surface area contributed by atoms with Gasteiger partial charge in [0.25, 0.3) is 5.91 Å². The van der Waals surface area contributed by atoms with E-state index in [0.29, 0.717) is 31.2 Å². The van der Waals surface area contributed by atoms with E-state index in [4.69, 9.17) is 4.98 Å². The maximum Gasteiger partial charge on any atom is 0.319 e. The van der Waals surface area contributed by atoms with Crippen LogP contribution in [0.2, 0.25) is 0 Å². The van der Waals surface area contributed by atoms with E-state index < -0.39 is 0 Å². The summed E-state index contributed by atoms with van der Waals surface area (Å²) in [6.45, 7) is 3.43. The van der Waals surface area contributed by atoms with Gasteiger partial charge in [-0.25, -0.2) is 14.8 Å². The lowest BCUT2D eigenvalue weighted by molar-refractivity contribution is 0.0940. The van der Waals surface area contributed by atoms with Crippen LogP contribution in [0, 0.1) is 0 Å². The number of aromatic nitrogens is 2. The fraction of sp³-hybridized carbons (Fsp3) is 0.647. The Hall–Kier alpha value is -2.38. The third-order valence-electron chi connectivity index (χ3n) is 5.05. The summed E-state index contributed by atoms with van der Waals surface area (Å²) < 4.78 is 0. The number of nitrogens with zero attached hydrogens (tertiary/aromatic N) is 5. The summed E-state index contributed by atoms with van der Waals surface area (Å²) in [4.78, 5) is 39.4. The average Bonchev–Trinajstić information content (AvgIpc) is 3.46. The third kappa shape index (κ3) is 3.01. The number of hydrogen-bond acceptors (Lipinski definition) is 5. The summed E-state index contributed by atoms with van der Waals surface area (Å²) in [5.74, 6) is 2.01. The molecule has 2 fully saturated rings. The highest BCUT2D eigenvalue weighted by atomic mass is 16.2. The van der Waals surface area contributed by atoms with Crippen molar-refractivity contribution in [2.45, 2.75) is 25.2 Å². The van der Waals surface area contributed by atoms with E-state index in [1.165, 1.54) is 0 Å². The second-order valence-electron chi connectivity index (χ2n) is 7.16. The maximum atomic E-state index is 12.3. The molecule has 3 aliphatic rings. The van der Waals surface area contributed by atoms with Crippen molar-refractivity contribution in [2.75, 3.05) is 51.7 Å². The first-order valence-corrected chi connectivity index (χ1v) is 8.95. The lowest BCUT2D eigenvalue weighted by Crippen LogP contribution is -2.52. The summed E-state index contributed by atoms with van der Waals surface area (Å²) in [6.07, 6.45) is 2.97. The summed E-state index contributed by atoms with van der Waals surface area (Å²) in [5.41, 5.74) is 1.51. The number of nitrogens with one attached hydrogen (secondary N) is 1. The van der Waals surface area contributed by atoms with Crippen molar-refractivity contribution in [1.82, 2.24) is 25.1 Å². The monoisotopic (exact) mass is 344 g/mol. The van der Waals surface area contributed by atoms with Gasteiger partial charge in [0.1, 0.15) is 17.3 Å². The zero-order valence-electron chi connectivity index (χ0n) is 14.8. The summed E-state index contributed by atoms with van der Waals surface area (Å²) >= 11 is 0. The Morgan fingerprint density at radius 3 is 2.52 bits per heavy atom. The van der Waals surface area contributed by atoms with Crippen LogP contribution in [0.5, 0.6) is 0 Å². The highest BCUT2D eigenvalue weighted by Gasteiger charge is 2.33. The largest absolute Gasteiger partial charge is 0.353 e. The van der Waals surface area contributed by atoms with Crippen molar-refractivity contribution in [3.63, 3.8) is 0 Å². The second-order valence-corrected chi connectivity index (χ2v) is 7.16. The Morgan fingerprint density at radius 1 is 1.16 bits per heavy atom. The Kier molecular flexibility index (Phi) is 3.97. The predicted octanol–water partition coefficient (Wildman–Crippen LogP) is 0.444. The van der Waals surface area contributed by atoms with Crippen LogP contribution in [0.1, 0.15) is 40.6 Å². The molecule has 1 aromatic rings. The number of hydrogen-bond donors (Lipinski definition) is 1. The smallest absolute Gasteiger partial charge is 0.319 e. The highest BCUT2D eigenvalue weighted by Crippen LogP contribution is 2.39. The predicted molar refractivity (Wildman–Crippen MR) is 92.9 cm³/mol. The van der Waals surface area contributed by atoms with Crippen molar-refractivity contribution < 1.29 is 9.59 Å². The third-order valence-corrected chi connectivity index (χ3v) is 5.05. The molecule has 1 aliphatic carbocycles. The number of fused-ring (bicyclic) bond motifs is 1. The molecular formula is C17H24N6O2. The molecule has 4 rings (SSSR count). The lowest BCUT2D eigenvalue weighted by Gasteiger charge is -2.37. The first-order chi connectivity index (χ1) is 12.0. The number of carbonyl (C=O) groups is 2. The van der Waals surface area contributed by atoms with E-state index in [1.807, 2.05) is 4.90 Å². The molecule has 3 heterocycles. The van der Waals surface area contributed by atoms with Crippen molar-refractivity contribution in [1.29, 1.82) is 0 Å². The summed E-state index contributed by atoms with van der Waals surface area (Å²) in [6, 6.07) is 0.0439. The minimum atomic E-state index is -0.0896. The Balaban J connectivity index is 1.60. The molecule has 1 saturated carbocycles. The first kappa shape index (κ1) is 16.1. The van der Waals surface area contributed by atoms with Gasteiger partial charge >= 0.3 is 6.03 Å². The molecule has 2 aliphatic heterocycles. The Morgan fingerprint density at radius 2 is 1.88 bits per heavy atom. The van der Waals surface area contributed by atoms with Crippen molar-refractivity contribution >= 4 is 17.8 Å². The van der Waals surface area contributed by atoms with Gasteiger partial charge < -0.3 is 20.0 Å². The van der Waals surface area contributed by atoms with E-state index in [0.717, 1.165) is 49.6 Å². The van der Waals surface area contributed by atoms with Gasteiger partial charge in [0.2, 0.25) is 0 Å². The van der Waals surface area contributed by atoms with Crippen LogP contribution in [0.15, 0.2) is 0 Å². The zero-order valence-corrected chi connectivity index (χ0v) is 14.8. The SMILES string of the molecule is CN(C)C(=O)N1CCN(c2nc(C3CC3)nc3c2CCNC3=O)CC1. The van der Waals surface area contributed by atoms with Gasteiger partial charge in [0.15, 0.2) is 0 Å². The fourth-order valence-corrected chi connectivity index (χ4v) is 3.47. The quantitative estimate of drug-likeness (QED) is 0.842. The van der Waals surface area contributed by atoms with Crippen LogP contribution < -0.4 is 10.2 Å². The molecule has 134 valence electrons. The molecule has 1 N–H and O–H groups in total. The van der Waals surface area contributed by atoms with Crippen LogP contribution >= 0.6 is 0 Å². The van der Waals surface area contributed by atoms with E-state index in [1.54, 1.807) is 19.0 Å². The van der Waals surface area contributed by atoms with Crippen LogP contribution in [-0.2, 0) is 6.42 Å². The van der Waals surface area contributed by atoms with Crippen LogP contribution in [0.3, 0.4) is 0 Å². The molecule has 0 aromatic carbocycles. The van der Waals surface area contributed by atoms with Crippen LogP contribution in [-0.4, -0.2) is 78.5 Å². The fourth-order valence-electron chi connectivity index (χ4n) is 3.47. The molecular weight excluding hydrogens is 320 g/mol. The van der Waals surface area contributed by atoms with Gasteiger partial charge in [-0.2, -0.15) is 0 Å². The minimum absolute atomic E-state index is 0.0439. The number of amides is 3. The highest BCUT2D eigenvalue weighted by molar-refractivity contribution is 5.96. The molecule has 1 saturated heterocycles. The van der Waals surface area contributed by atoms with Crippen LogP contribution in [0.25, 0.3) is 0 Å². The molecule has 1 aromatic heterocycles. The summed E-state index contributed by atoms with van der Waals surface area (Å²) in [5, 5.41) is 2.88. The van der Waals surface area contributed by atoms with Crippen molar-refractivity contribution in [2.24, 2.45) is 0 Å². The molecule has 8 nitrogen and oxygen atoms in total. The maximum absolute atomic E-state index is 12.3. The molecule has 0 atom stereocenters. The second kappa shape index (κ2) is 6.16. The molecule has 3 amide bonds. The van der Waals surface area contributed by atoms with Crippen LogP contribution in [0.4, 0.5) is 10.6 Å². The molecule has 8 heteroatoms. The molecule has 0 radical (unpaired) electrons. The van der Waals surface area contributed by atoms with E-state index >= 15 is 0 Å². The van der Waals surface area contributed by atoms with Gasteiger partial charge in [-0.1, -0.05) is 0 Å². The number of urea groups is 1. The minimum Gasteiger partial charge on any atom is -0.353 e. The molecule has 0 spiro atoms. The standard InChI is InChI=1S/C17H24N6O2/c1-21(2)17(25)23-9-7-22(8-10-23)15-12-5-6-18-16(24)13(12)19-14(20-15)11-3-4-11/h11H,3-10H2,1-2H3,(H,18,24). The van der Waals surface area contributed by atoms with E-state index in [9.17, 15) is 9.59 Å². The number of carbonyl (C=O) groups excluding carboxylic acids is 2. The van der Waals surface area contributed by atoms with Crippen molar-refractivity contribution in [3.05, 3.63) is 17.1 Å². The average molecular weight is 344 g/mol. The number of anilines is 1. The summed E-state index contributed by atoms with van der Waals surface area (Å²) in [7, 11) is 3.55. The van der Waals surface area contributed by atoms with E-state index in [-0.39, 0.29) is 11.9 Å². The van der Waals surface area contributed by atoms with Gasteiger partial charge in [-0.15, -0.1) is 0 Å². The topological polar surface area (TPSA) is 81.7 Å². The molecule has 0 bridgehead atoms. The number of piperazine rings is 1. The molecule has 0 unspecified atom stereocenters. The zero-order chi connectivity index (χ0) is 17.6. The first-order valence-electron chi connectivity index (χ1n) is 8.95.